The molecule has 0 spiro atoms. The van der Waals surface area contributed by atoms with Crippen molar-refractivity contribution in [2.24, 2.45) is 0 Å². The quantitative estimate of drug-likeness (QED) is 0.103. The fraction of sp³-hybridized carbons (Fsp3) is 0.583. The van der Waals surface area contributed by atoms with Gasteiger partial charge in [0.1, 0.15) is 0 Å². The highest BCUT2D eigenvalue weighted by molar-refractivity contribution is 6.60. The van der Waals surface area contributed by atoms with Gasteiger partial charge in [-0.05, 0) is 64.3 Å². The van der Waals surface area contributed by atoms with E-state index < -0.39 is 14.8 Å². The number of carbonyl (C=O) groups excluding carboxylic acids is 2. The van der Waals surface area contributed by atoms with Gasteiger partial charge in [0.05, 0.1) is 13.7 Å². The van der Waals surface area contributed by atoms with E-state index in [1.807, 2.05) is 27.7 Å². The second-order valence-electron chi connectivity index (χ2n) is 7.01. The van der Waals surface area contributed by atoms with E-state index in [2.05, 4.69) is 4.74 Å². The summed E-state index contributed by atoms with van der Waals surface area (Å²) in [5.41, 5.74) is 0.690. The third-order valence-corrected chi connectivity index (χ3v) is 7.71. The van der Waals surface area contributed by atoms with Crippen molar-refractivity contribution in [3.05, 3.63) is 29.8 Å². The highest BCUT2D eigenvalue weighted by Gasteiger charge is 2.39. The summed E-state index contributed by atoms with van der Waals surface area (Å²) in [5, 5.41) is 0. The molecule has 33 heavy (non-hydrogen) atoms. The van der Waals surface area contributed by atoms with Crippen molar-refractivity contribution >= 4 is 26.8 Å². The van der Waals surface area contributed by atoms with Crippen LogP contribution in [-0.4, -0.2) is 54.3 Å². The summed E-state index contributed by atoms with van der Waals surface area (Å²) in [5.74, 6) is -0.00757. The number of hydrogen-bond acceptors (Lipinski definition) is 8. The van der Waals surface area contributed by atoms with Crippen molar-refractivity contribution in [3.8, 4) is 11.5 Å². The molecule has 0 saturated carbocycles. The summed E-state index contributed by atoms with van der Waals surface area (Å²) in [6.45, 7) is 9.75. The maximum atomic E-state index is 12.4. The fourth-order valence-corrected chi connectivity index (χ4v) is 5.86. The molecule has 0 saturated heterocycles. The molecule has 1 rings (SSSR count). The van der Waals surface area contributed by atoms with Gasteiger partial charge in [-0.1, -0.05) is 12.5 Å². The van der Waals surface area contributed by atoms with Crippen LogP contribution in [0.3, 0.4) is 0 Å². The maximum Gasteiger partial charge on any atom is 0.500 e. The number of carbonyl (C=O) groups is 2. The van der Waals surface area contributed by atoms with Crippen LogP contribution < -0.4 is 9.47 Å². The predicted octanol–water partition coefficient (Wildman–Crippen LogP) is 4.79. The Morgan fingerprint density at radius 2 is 1.55 bits per heavy atom. The van der Waals surface area contributed by atoms with Gasteiger partial charge >= 0.3 is 20.7 Å². The first kappa shape index (κ1) is 28.8. The Morgan fingerprint density at radius 3 is 2.12 bits per heavy atom. The van der Waals surface area contributed by atoms with E-state index >= 15 is 0 Å². The number of methoxy groups -OCH3 is 1. The normalized spacial score (nSPS) is 11.5. The van der Waals surface area contributed by atoms with Crippen LogP contribution in [0.2, 0.25) is 6.04 Å². The first-order valence-corrected chi connectivity index (χ1v) is 13.5. The minimum atomic E-state index is -2.65. The predicted molar refractivity (Wildman–Crippen MR) is 128 cm³/mol. The van der Waals surface area contributed by atoms with Gasteiger partial charge in [-0.15, -0.1) is 0 Å². The lowest BCUT2D eigenvalue weighted by Crippen LogP contribution is -2.45. The van der Waals surface area contributed by atoms with Crippen LogP contribution in [0.15, 0.2) is 24.3 Å². The van der Waals surface area contributed by atoms with Crippen LogP contribution in [0.4, 0.5) is 0 Å². The van der Waals surface area contributed by atoms with Crippen LogP contribution in [0.1, 0.15) is 58.9 Å². The van der Waals surface area contributed by atoms with E-state index in [0.29, 0.717) is 49.9 Å². The smallest absolute Gasteiger partial charge is 0.490 e. The highest BCUT2D eigenvalue weighted by atomic mass is 28.4. The molecule has 1 aromatic carbocycles. The van der Waals surface area contributed by atoms with E-state index in [1.165, 1.54) is 13.2 Å². The monoisotopic (exact) mass is 482 g/mol. The molecule has 1 aromatic rings. The zero-order valence-corrected chi connectivity index (χ0v) is 21.5. The molecule has 9 heteroatoms. The molecule has 0 aliphatic carbocycles. The Hall–Kier alpha value is -2.20. The summed E-state index contributed by atoms with van der Waals surface area (Å²) < 4.78 is 33.3. The zero-order valence-electron chi connectivity index (χ0n) is 20.5. The number of unbranched alkanes of at least 4 members (excludes halogenated alkanes) is 2. The molecular weight excluding hydrogens is 444 g/mol. The average Bonchev–Trinajstić information content (AvgIpc) is 2.79. The molecule has 0 aromatic heterocycles. The van der Waals surface area contributed by atoms with E-state index in [4.69, 9.17) is 22.8 Å². The van der Waals surface area contributed by atoms with Gasteiger partial charge in [-0.3, -0.25) is 4.79 Å². The third-order valence-electron chi connectivity index (χ3n) is 4.56. The summed E-state index contributed by atoms with van der Waals surface area (Å²) in [6, 6.07) is 5.87. The molecule has 0 aliphatic heterocycles. The summed E-state index contributed by atoms with van der Waals surface area (Å²) in [7, 11) is -1.34. The van der Waals surface area contributed by atoms with Gasteiger partial charge in [-0.25, -0.2) is 4.79 Å². The van der Waals surface area contributed by atoms with Gasteiger partial charge in [0.25, 0.3) is 0 Å². The van der Waals surface area contributed by atoms with Gasteiger partial charge in [0, 0.05) is 38.4 Å². The minimum absolute atomic E-state index is 0.278. The van der Waals surface area contributed by atoms with Crippen molar-refractivity contribution in [1.82, 2.24) is 0 Å². The second-order valence-corrected chi connectivity index (χ2v) is 9.74. The Balaban J connectivity index is 2.63. The van der Waals surface area contributed by atoms with Gasteiger partial charge < -0.3 is 27.5 Å². The van der Waals surface area contributed by atoms with Crippen molar-refractivity contribution < 1.29 is 37.1 Å². The number of esters is 2. The molecule has 0 atom stereocenters. The van der Waals surface area contributed by atoms with Gasteiger partial charge in [-0.2, -0.15) is 0 Å². The lowest BCUT2D eigenvalue weighted by molar-refractivity contribution is -0.135. The average molecular weight is 483 g/mol. The van der Waals surface area contributed by atoms with Gasteiger partial charge in [0.15, 0.2) is 11.5 Å². The van der Waals surface area contributed by atoms with Crippen molar-refractivity contribution in [3.63, 3.8) is 0 Å². The van der Waals surface area contributed by atoms with Crippen molar-refractivity contribution in [1.29, 1.82) is 0 Å². The Labute approximate surface area is 198 Å². The Morgan fingerprint density at radius 1 is 0.879 bits per heavy atom. The lowest BCUT2D eigenvalue weighted by atomic mass is 10.2. The Bertz CT molecular complexity index is 733. The number of rotatable bonds is 17. The highest BCUT2D eigenvalue weighted by Crippen LogP contribution is 2.30. The van der Waals surface area contributed by atoms with Gasteiger partial charge in [0.2, 0.25) is 0 Å². The molecule has 0 radical (unpaired) electrons. The number of benzene rings is 1. The molecule has 0 fully saturated rings. The Kier molecular flexibility index (Phi) is 14.3. The molecule has 0 heterocycles. The summed E-state index contributed by atoms with van der Waals surface area (Å²) in [6.07, 6.45) is 5.52. The molecule has 0 N–H and O–H groups in total. The van der Waals surface area contributed by atoms with E-state index in [1.54, 1.807) is 24.3 Å². The number of ether oxygens (including phenoxy) is 3. The lowest BCUT2D eigenvalue weighted by Gasteiger charge is -2.28. The third kappa shape index (κ3) is 11.0. The molecule has 0 bridgehead atoms. The van der Waals surface area contributed by atoms with Crippen LogP contribution in [0, 0.1) is 0 Å². The first-order chi connectivity index (χ1) is 15.9. The molecule has 186 valence electrons. The maximum absolute atomic E-state index is 12.4. The largest absolute Gasteiger partial charge is 0.500 e. The molecule has 0 amide bonds. The van der Waals surface area contributed by atoms with Crippen molar-refractivity contribution in [2.75, 3.05) is 33.5 Å². The second kappa shape index (κ2) is 16.4. The van der Waals surface area contributed by atoms with Crippen LogP contribution in [0.25, 0.3) is 6.08 Å². The molecule has 0 aliphatic rings. The first-order valence-electron chi connectivity index (χ1n) is 11.6. The van der Waals surface area contributed by atoms with E-state index in [0.717, 1.165) is 18.9 Å². The van der Waals surface area contributed by atoms with E-state index in [9.17, 15) is 9.59 Å². The van der Waals surface area contributed by atoms with Crippen LogP contribution in [0.5, 0.6) is 11.5 Å². The zero-order chi connectivity index (χ0) is 24.5. The van der Waals surface area contributed by atoms with E-state index in [-0.39, 0.29) is 12.4 Å². The standard InChI is InChI=1S/C24H38O8Si/c1-6-28-21-16-14-20(15-17-23(25)27-5)19-22(21)32-24(26)13-11-10-12-18-33(29-7-2,30-8-3)31-9-4/h14-17,19H,6-13,18H2,1-5H3. The minimum Gasteiger partial charge on any atom is -0.490 e. The van der Waals surface area contributed by atoms with Crippen LogP contribution in [-0.2, 0) is 27.6 Å². The fourth-order valence-electron chi connectivity index (χ4n) is 3.18. The SMILES string of the molecule is CCOc1ccc(C=CC(=O)OC)cc1OC(=O)CCCCC[Si](OCC)(OCC)OCC. The van der Waals surface area contributed by atoms with Crippen LogP contribution >= 0.6 is 0 Å². The molecular formula is C24H38O8Si. The van der Waals surface area contributed by atoms with Crippen molar-refractivity contribution in [2.45, 2.75) is 59.4 Å². The number of hydrogen-bond donors (Lipinski definition) is 0. The summed E-state index contributed by atoms with van der Waals surface area (Å²) in [4.78, 5) is 23.7. The summed E-state index contributed by atoms with van der Waals surface area (Å²) >= 11 is 0. The topological polar surface area (TPSA) is 89.5 Å². The molecule has 8 nitrogen and oxygen atoms in total. The molecule has 0 unspecified atom stereocenters.